The third-order valence-electron chi connectivity index (χ3n) is 3.52. The summed E-state index contributed by atoms with van der Waals surface area (Å²) in [6, 6.07) is 5.06. The van der Waals surface area contributed by atoms with Crippen molar-refractivity contribution in [3.63, 3.8) is 0 Å². The van der Waals surface area contributed by atoms with Crippen LogP contribution in [0.2, 0.25) is 0 Å². The van der Waals surface area contributed by atoms with Crippen LogP contribution in [0, 0.1) is 6.92 Å². The number of aliphatic hydroxyl groups is 2. The van der Waals surface area contributed by atoms with E-state index in [0.717, 1.165) is 5.56 Å². The van der Waals surface area contributed by atoms with Crippen LogP contribution < -0.4 is 0 Å². The van der Waals surface area contributed by atoms with E-state index in [9.17, 15) is 20.1 Å². The van der Waals surface area contributed by atoms with E-state index in [1.165, 1.54) is 12.1 Å². The maximum Gasteiger partial charge on any atom is 0.189 e. The molecule has 5 nitrogen and oxygen atoms in total. The number of ether oxygens (including phenoxy) is 1. The Balaban J connectivity index is 2.14. The first-order chi connectivity index (χ1) is 9.41. The summed E-state index contributed by atoms with van der Waals surface area (Å²) in [4.78, 5) is 11.9. The fraction of sp³-hybridized carbons (Fsp3) is 0.400. The number of hydrogen-bond acceptors (Lipinski definition) is 5. The van der Waals surface area contributed by atoms with Crippen molar-refractivity contribution in [1.29, 1.82) is 0 Å². The van der Waals surface area contributed by atoms with Crippen LogP contribution in [0.5, 0.6) is 5.75 Å². The predicted octanol–water partition coefficient (Wildman–Crippen LogP) is 0.837. The molecule has 0 bridgehead atoms. The highest BCUT2D eigenvalue weighted by Gasteiger charge is 2.37. The van der Waals surface area contributed by atoms with Gasteiger partial charge in [0.2, 0.25) is 0 Å². The highest BCUT2D eigenvalue weighted by Crippen LogP contribution is 2.24. The number of rotatable bonds is 3. The van der Waals surface area contributed by atoms with Gasteiger partial charge < -0.3 is 20.1 Å². The molecule has 0 spiro atoms. The second kappa shape index (κ2) is 5.75. The topological polar surface area (TPSA) is 87.0 Å². The zero-order valence-corrected chi connectivity index (χ0v) is 11.4. The zero-order valence-electron chi connectivity index (χ0n) is 11.4. The third-order valence-corrected chi connectivity index (χ3v) is 3.52. The number of carbonyl (C=O) groups is 1. The van der Waals surface area contributed by atoms with E-state index >= 15 is 0 Å². The van der Waals surface area contributed by atoms with E-state index in [-0.39, 0.29) is 18.1 Å². The lowest BCUT2D eigenvalue weighted by molar-refractivity contribution is -0.144. The molecule has 1 aliphatic rings. The van der Waals surface area contributed by atoms with Gasteiger partial charge >= 0.3 is 0 Å². The van der Waals surface area contributed by atoms with Crippen molar-refractivity contribution in [2.75, 3.05) is 0 Å². The molecule has 0 saturated carbocycles. The van der Waals surface area contributed by atoms with Crippen LogP contribution >= 0.6 is 0 Å². The number of hydrogen-bond donors (Lipinski definition) is 3. The largest absolute Gasteiger partial charge is 0.508 e. The molecular formula is C15H18O5. The van der Waals surface area contributed by atoms with Crippen molar-refractivity contribution in [2.45, 2.75) is 38.8 Å². The van der Waals surface area contributed by atoms with Gasteiger partial charge in [-0.2, -0.15) is 0 Å². The number of aryl methyl sites for hydroxylation is 1. The molecule has 5 heteroatoms. The van der Waals surface area contributed by atoms with E-state index in [1.807, 2.05) is 13.0 Å². The van der Waals surface area contributed by atoms with Crippen LogP contribution in [0.1, 0.15) is 18.1 Å². The predicted molar refractivity (Wildman–Crippen MR) is 72.2 cm³/mol. The van der Waals surface area contributed by atoms with Crippen LogP contribution in [0.4, 0.5) is 0 Å². The number of aromatic hydroxyl groups is 1. The average Bonchev–Trinajstić information content (AvgIpc) is 2.39. The summed E-state index contributed by atoms with van der Waals surface area (Å²) in [6.45, 7) is 3.38. The van der Waals surface area contributed by atoms with Crippen molar-refractivity contribution in [1.82, 2.24) is 0 Å². The summed E-state index contributed by atoms with van der Waals surface area (Å²) in [5, 5.41) is 29.2. The monoisotopic (exact) mass is 278 g/mol. The van der Waals surface area contributed by atoms with Gasteiger partial charge in [-0.05, 0) is 37.1 Å². The second-order valence-electron chi connectivity index (χ2n) is 5.00. The van der Waals surface area contributed by atoms with Gasteiger partial charge in [0.25, 0.3) is 0 Å². The molecule has 0 saturated heterocycles. The summed E-state index contributed by atoms with van der Waals surface area (Å²) in [5.74, 6) is -0.272. The average molecular weight is 278 g/mol. The highest BCUT2D eigenvalue weighted by atomic mass is 16.5. The molecule has 0 heterocycles. The van der Waals surface area contributed by atoms with Crippen molar-refractivity contribution < 1.29 is 24.9 Å². The van der Waals surface area contributed by atoms with Crippen molar-refractivity contribution in [3.05, 3.63) is 41.0 Å². The van der Waals surface area contributed by atoms with Crippen LogP contribution in [-0.4, -0.2) is 39.4 Å². The minimum atomic E-state index is -1.29. The first-order valence-electron chi connectivity index (χ1n) is 6.39. The van der Waals surface area contributed by atoms with Gasteiger partial charge in [-0.15, -0.1) is 0 Å². The Labute approximate surface area is 117 Å². The van der Waals surface area contributed by atoms with Gasteiger partial charge in [0.1, 0.15) is 24.1 Å². The SMILES string of the molecule is CC1=CC(O)C(O)C(OCc2c(C)cccc2O)C1=O. The Bertz CT molecular complexity index is 529. The Morgan fingerprint density at radius 1 is 1.25 bits per heavy atom. The van der Waals surface area contributed by atoms with Gasteiger partial charge in [0.15, 0.2) is 5.78 Å². The minimum absolute atomic E-state index is 0.00796. The Morgan fingerprint density at radius 2 is 1.95 bits per heavy atom. The number of ketones is 1. The molecule has 3 atom stereocenters. The van der Waals surface area contributed by atoms with Gasteiger partial charge in [-0.1, -0.05) is 12.1 Å². The normalized spacial score (nSPS) is 26.5. The summed E-state index contributed by atoms with van der Waals surface area (Å²) in [6.07, 6.45) is -2.22. The van der Waals surface area contributed by atoms with Crippen molar-refractivity contribution in [2.24, 2.45) is 0 Å². The molecule has 0 aliphatic heterocycles. The molecule has 0 radical (unpaired) electrons. The number of carbonyl (C=O) groups excluding carboxylic acids is 1. The molecule has 2 rings (SSSR count). The first kappa shape index (κ1) is 14.7. The lowest BCUT2D eigenvalue weighted by Gasteiger charge is -2.29. The van der Waals surface area contributed by atoms with Crippen LogP contribution in [-0.2, 0) is 16.1 Å². The fourth-order valence-electron chi connectivity index (χ4n) is 2.22. The number of Topliss-reactive ketones (excluding diaryl/α,β-unsaturated/α-hetero) is 1. The van der Waals surface area contributed by atoms with Gasteiger partial charge in [-0.25, -0.2) is 0 Å². The maximum absolute atomic E-state index is 11.9. The van der Waals surface area contributed by atoms with Gasteiger partial charge in [0, 0.05) is 5.56 Å². The molecule has 1 aromatic carbocycles. The number of benzene rings is 1. The molecule has 1 aromatic rings. The molecule has 20 heavy (non-hydrogen) atoms. The molecule has 0 amide bonds. The van der Waals surface area contributed by atoms with Crippen molar-refractivity contribution >= 4 is 5.78 Å². The summed E-state index contributed by atoms with van der Waals surface area (Å²) in [5.41, 5.74) is 1.76. The molecule has 0 aromatic heterocycles. The number of phenols is 1. The van der Waals surface area contributed by atoms with E-state index in [0.29, 0.717) is 11.1 Å². The molecule has 3 unspecified atom stereocenters. The third kappa shape index (κ3) is 2.75. The highest BCUT2D eigenvalue weighted by molar-refractivity contribution is 5.99. The van der Waals surface area contributed by atoms with E-state index < -0.39 is 18.3 Å². The van der Waals surface area contributed by atoms with Crippen LogP contribution in [0.3, 0.4) is 0 Å². The summed E-state index contributed by atoms with van der Waals surface area (Å²) >= 11 is 0. The second-order valence-corrected chi connectivity index (χ2v) is 5.00. The molecule has 1 aliphatic carbocycles. The van der Waals surface area contributed by atoms with E-state index in [2.05, 4.69) is 0 Å². The Kier molecular flexibility index (Phi) is 4.23. The molecular weight excluding hydrogens is 260 g/mol. The van der Waals surface area contributed by atoms with E-state index in [1.54, 1.807) is 13.0 Å². The maximum atomic E-state index is 11.9. The fourth-order valence-corrected chi connectivity index (χ4v) is 2.22. The first-order valence-corrected chi connectivity index (χ1v) is 6.39. The quantitative estimate of drug-likeness (QED) is 0.762. The van der Waals surface area contributed by atoms with Crippen molar-refractivity contribution in [3.8, 4) is 5.75 Å². The van der Waals surface area contributed by atoms with Gasteiger partial charge in [-0.3, -0.25) is 4.79 Å². The lowest BCUT2D eigenvalue weighted by Crippen LogP contribution is -2.47. The summed E-state index contributed by atoms with van der Waals surface area (Å²) in [7, 11) is 0. The minimum Gasteiger partial charge on any atom is -0.508 e. The summed E-state index contributed by atoms with van der Waals surface area (Å²) < 4.78 is 5.44. The zero-order chi connectivity index (χ0) is 14.9. The van der Waals surface area contributed by atoms with Crippen LogP contribution in [0.25, 0.3) is 0 Å². The smallest absolute Gasteiger partial charge is 0.189 e. The molecule has 108 valence electrons. The molecule has 3 N–H and O–H groups in total. The van der Waals surface area contributed by atoms with E-state index in [4.69, 9.17) is 4.74 Å². The Hall–Kier alpha value is -1.69. The van der Waals surface area contributed by atoms with Crippen LogP contribution in [0.15, 0.2) is 29.8 Å². The number of aliphatic hydroxyl groups excluding tert-OH is 2. The molecule has 0 fully saturated rings. The number of phenolic OH excluding ortho intramolecular Hbond substituents is 1. The Morgan fingerprint density at radius 3 is 2.60 bits per heavy atom. The van der Waals surface area contributed by atoms with Gasteiger partial charge in [0.05, 0.1) is 6.61 Å². The standard InChI is InChI=1S/C15H18O5/c1-8-4-3-5-11(16)10(8)7-20-15-13(18)9(2)6-12(17)14(15)19/h3-6,12,14-17,19H,7H2,1-2H3. The lowest BCUT2D eigenvalue weighted by atomic mass is 9.91.